The van der Waals surface area contributed by atoms with Gasteiger partial charge in [0.15, 0.2) is 0 Å². The number of nitrogens with zero attached hydrogens (tertiary/aromatic N) is 7. The molecular weight excluding hydrogens is 1710 g/mol. The number of hydrogen-bond acceptors (Lipinski definition) is 5. The van der Waals surface area contributed by atoms with Gasteiger partial charge >= 0.3 is 64.6 Å². The van der Waals surface area contributed by atoms with Crippen LogP contribution in [-0.2, 0) is 51.3 Å². The van der Waals surface area contributed by atoms with E-state index < -0.39 is 5.60 Å². The average molecular weight is 1810 g/mol. The van der Waals surface area contributed by atoms with Crippen molar-refractivity contribution >= 4 is 123 Å². The maximum atomic E-state index is 10.1. The van der Waals surface area contributed by atoms with Crippen LogP contribution < -0.4 is 34.7 Å². The number of fused-ring (bicyclic) bond motifs is 16. The zero-order chi connectivity index (χ0) is 78.1. The Kier molecular flexibility index (Phi) is 30.0. The Hall–Kier alpha value is -6.75. The summed E-state index contributed by atoms with van der Waals surface area (Å²) in [6.07, 6.45) is 11.4. The van der Waals surface area contributed by atoms with Gasteiger partial charge in [-0.1, -0.05) is 251 Å². The number of aromatic nitrogens is 8. The molecule has 19 rings (SSSR count). The molecule has 8 heterocycles. The normalized spacial score (nSPS) is 16.5. The summed E-state index contributed by atoms with van der Waals surface area (Å²) in [7, 11) is 8.31. The van der Waals surface area contributed by atoms with Crippen LogP contribution in [0.4, 0.5) is 0 Å². The number of hydrogen-bond donors (Lipinski definition) is 1. The molecule has 0 bridgehead atoms. The van der Waals surface area contributed by atoms with E-state index in [0.29, 0.717) is 15.5 Å². The smallest absolute Gasteiger partial charge is 0.358 e. The van der Waals surface area contributed by atoms with Crippen LogP contribution in [0.25, 0.3) is 105 Å². The van der Waals surface area contributed by atoms with Crippen molar-refractivity contribution in [3.8, 4) is 5.69 Å². The van der Waals surface area contributed by atoms with E-state index in [1.165, 1.54) is 98.1 Å². The minimum atomic E-state index is -0.750. The first-order valence-electron chi connectivity index (χ1n) is 37.9. The van der Waals surface area contributed by atoms with Crippen LogP contribution in [0.15, 0.2) is 272 Å². The number of benzene rings is 10. The number of para-hydroxylation sites is 10. The van der Waals surface area contributed by atoms with Crippen LogP contribution in [0, 0.1) is 32.9 Å². The van der Waals surface area contributed by atoms with E-state index in [9.17, 15) is 5.11 Å². The molecule has 0 amide bonds. The molecule has 1 N–H and O–H groups in total. The number of imidazole rings is 4. The molecule has 16 aromatic rings. The van der Waals surface area contributed by atoms with E-state index >= 15 is 0 Å². The van der Waals surface area contributed by atoms with Crippen LogP contribution in [0.3, 0.4) is 0 Å². The summed E-state index contributed by atoms with van der Waals surface area (Å²) in [6.45, 7) is 36.9. The number of aromatic amines is 1. The summed E-state index contributed by atoms with van der Waals surface area (Å²) in [5.74, 6) is 1.84. The van der Waals surface area contributed by atoms with E-state index in [1.807, 2.05) is 30.3 Å². The van der Waals surface area contributed by atoms with Gasteiger partial charge < -0.3 is 28.7 Å². The molecule has 11 nitrogen and oxygen atoms in total. The summed E-state index contributed by atoms with van der Waals surface area (Å²) in [5, 5.41) is 16.2. The van der Waals surface area contributed by atoms with Gasteiger partial charge in [0.2, 0.25) is 11.6 Å². The standard InChI is InChI=1S/C30H24N4O.C24H33P.C17H16BrNO.C13H9N3.C4H9O.2C3H5.2ClH.Na.2Pd/c1-3-11-24-21(9-1)22-17-16-20(19-28(22)33(24)29-15-7-8-18-35-29)32-26-13-5-6-14-27(26)34-25-12-4-2-10-23(25)31-30(32)34;1-21(2,3)25(22(4,5)6)23(7)18-24(23,19-14-10-8-11-15-19)20-16-12-9-13-17-20;18-12-8-9-14-13-5-1-2-6-15(13)19(16(14)11-12)17-7-3-4-10-20-17;1-3-7-11-9(5-1)14-13-15-10-6-2-4-8-12(10)16(11)13;1-4(2,3)5;2*1-3-2;;;;;/h1-6,9-14,16-17,19,29H,7-8,15,18H2;8-17H,18H2,1-7H3;1-2,5-6,8-9,11,17H,3-4,7,10H2;1-8H,(H,14,15);1-3H3;2*3H,1-2H2;2*1H;;;/q;;;;3*-1;;;+1;;+2. The summed E-state index contributed by atoms with van der Waals surface area (Å²) in [4.78, 5) is 12.9. The van der Waals surface area contributed by atoms with Gasteiger partial charge in [0, 0.05) is 70.2 Å². The topological polar surface area (TPSA) is 107 Å². The molecule has 2 saturated heterocycles. The second-order valence-corrected chi connectivity index (χ2v) is 39.3. The molecule has 584 valence electrons. The van der Waals surface area contributed by atoms with Gasteiger partial charge in [-0.15, -0.1) is 5.60 Å². The predicted molar refractivity (Wildman–Crippen MR) is 459 cm³/mol. The van der Waals surface area contributed by atoms with Crippen LogP contribution >= 0.6 is 23.9 Å². The zero-order valence-electron chi connectivity index (χ0n) is 66.2. The van der Waals surface area contributed by atoms with Crippen molar-refractivity contribution in [2.24, 2.45) is 0 Å². The largest absolute Gasteiger partial charge is 1.00 e. The van der Waals surface area contributed by atoms with E-state index in [4.69, 9.17) is 14.5 Å². The molecule has 10 aromatic carbocycles. The minimum Gasteiger partial charge on any atom is -0.358 e. The number of allylic oxidation sites excluding steroid dienone is 2. The van der Waals surface area contributed by atoms with E-state index in [-0.39, 0.29) is 91.7 Å². The van der Waals surface area contributed by atoms with Gasteiger partial charge in [-0.25, -0.2) is 49.1 Å². The first-order chi connectivity index (χ1) is 52.9. The molecule has 112 heavy (non-hydrogen) atoms. The quantitative estimate of drug-likeness (QED) is 0.101. The van der Waals surface area contributed by atoms with Gasteiger partial charge in [-0.05, 0) is 151 Å². The van der Waals surface area contributed by atoms with Crippen LogP contribution in [-0.4, -0.2) is 71.7 Å². The fraction of sp³-hybridized carbons (Fsp3) is 0.277. The molecule has 3 aliphatic rings. The van der Waals surface area contributed by atoms with Crippen molar-refractivity contribution in [1.29, 1.82) is 0 Å². The second kappa shape index (κ2) is 38.3. The molecule has 1 saturated carbocycles. The molecule has 3 atom stereocenters. The molecular formula is C94H103BrCl2N8NaO3PPd2. The predicted octanol–water partition coefficient (Wildman–Crippen LogP) is 21.3. The van der Waals surface area contributed by atoms with Crippen LogP contribution in [0.5, 0.6) is 0 Å². The summed E-state index contributed by atoms with van der Waals surface area (Å²) in [5.41, 5.74) is 17.4. The Morgan fingerprint density at radius 2 is 0.911 bits per heavy atom. The Balaban J connectivity index is 0.000000154. The van der Waals surface area contributed by atoms with Crippen molar-refractivity contribution < 1.29 is 99.6 Å². The number of rotatable bonds is 6. The van der Waals surface area contributed by atoms with Crippen molar-refractivity contribution in [3.63, 3.8) is 0 Å². The second-order valence-electron chi connectivity index (χ2n) is 31.2. The molecule has 1 aliphatic carbocycles. The maximum Gasteiger partial charge on any atom is 1.00 e. The Morgan fingerprint density at radius 3 is 1.39 bits per heavy atom. The third-order valence-corrected chi connectivity index (χ3v) is 25.0. The number of nitrogens with one attached hydrogen (secondary N) is 1. The van der Waals surface area contributed by atoms with Crippen LogP contribution in [0.2, 0.25) is 0 Å². The van der Waals surface area contributed by atoms with Crippen molar-refractivity contribution in [1.82, 2.24) is 37.5 Å². The summed E-state index contributed by atoms with van der Waals surface area (Å²) in [6, 6.07) is 86.4. The van der Waals surface area contributed by atoms with E-state index in [2.05, 4.69) is 355 Å². The van der Waals surface area contributed by atoms with Gasteiger partial charge in [0.05, 0.1) is 71.9 Å². The van der Waals surface area contributed by atoms with Crippen molar-refractivity contribution in [2.45, 2.75) is 153 Å². The Bertz CT molecular complexity index is 5670. The maximum absolute atomic E-state index is 10.1. The zero-order valence-corrected chi connectivity index (χ0v) is 75.4. The monoisotopic (exact) mass is 1810 g/mol. The molecule has 18 heteroatoms. The van der Waals surface area contributed by atoms with Gasteiger partial charge in [-0.2, -0.15) is 0 Å². The molecule has 6 aromatic heterocycles. The van der Waals surface area contributed by atoms with E-state index in [1.54, 1.807) is 20.8 Å². The molecule has 2 aliphatic heterocycles. The number of H-pyrrole nitrogens is 1. The molecule has 3 unspecified atom stereocenters. The molecule has 0 radical (unpaired) electrons. The fourth-order valence-corrected chi connectivity index (χ4v) is 23.5. The third-order valence-electron chi connectivity index (χ3n) is 20.3. The van der Waals surface area contributed by atoms with E-state index in [0.717, 1.165) is 92.8 Å². The Labute approximate surface area is 722 Å². The van der Waals surface area contributed by atoms with Gasteiger partial charge in [-0.3, -0.25) is 13.4 Å². The Morgan fingerprint density at radius 1 is 0.518 bits per heavy atom. The van der Waals surface area contributed by atoms with Gasteiger partial charge in [0.25, 0.3) is 0 Å². The fourth-order valence-electron chi connectivity index (χ4n) is 17.1. The van der Waals surface area contributed by atoms with Crippen LogP contribution in [0.1, 0.15) is 138 Å². The third kappa shape index (κ3) is 18.7. The van der Waals surface area contributed by atoms with Crippen molar-refractivity contribution in [2.75, 3.05) is 13.2 Å². The minimum absolute atomic E-state index is 0. The van der Waals surface area contributed by atoms with Gasteiger partial charge in [0.1, 0.15) is 12.5 Å². The summed E-state index contributed by atoms with van der Waals surface area (Å²) >= 11 is 3.71. The number of halogens is 3. The first kappa shape index (κ1) is 87.6. The molecule has 3 fully saturated rings. The first-order valence-corrected chi connectivity index (χ1v) is 44.3. The average Bonchev–Trinajstić information content (AvgIpc) is 1.49. The molecule has 0 spiro atoms. The number of ether oxygens (including phenoxy) is 2. The SMILES string of the molecule is Brc1ccc2c3ccccc3n(C3CCCCO3)c2c1.C=C[CH2-].C=C[CH2-].CC(C)(C)P(C(C)(C)C)C1(C)CC1(c1ccccc1)c1ccccc1.CC(C)(C)[O-].[ClH+][Pd][ClH+].[Na+].[Pd].c1ccc2c(c1)nc1[nH]c3ccccc3n12.c1ccc2c(c1)nc1n(-c3ccc4c5ccccc5n(C5CCCCO5)c4c3)c3ccccc3n21. The summed E-state index contributed by atoms with van der Waals surface area (Å²) < 4.78 is 24.9. The van der Waals surface area contributed by atoms with Crippen molar-refractivity contribution in [3.05, 3.63) is 297 Å².